The van der Waals surface area contributed by atoms with Crippen molar-refractivity contribution in [2.75, 3.05) is 24.7 Å². The highest BCUT2D eigenvalue weighted by molar-refractivity contribution is 6.62. The maximum atomic E-state index is 14.1. The van der Waals surface area contributed by atoms with Crippen LogP contribution in [-0.4, -0.2) is 65.8 Å². The topological polar surface area (TPSA) is 92.1 Å². The first-order valence-electron chi connectivity index (χ1n) is 15.1. The van der Waals surface area contributed by atoms with Gasteiger partial charge in [0, 0.05) is 31.4 Å². The lowest BCUT2D eigenvalue weighted by Crippen LogP contribution is -2.47. The minimum Gasteiger partial charge on any atom is -0.462 e. The summed E-state index contributed by atoms with van der Waals surface area (Å²) in [5.74, 6) is 0.493. The second kappa shape index (κ2) is 11.9. The smallest absolute Gasteiger partial charge is 0.462 e. The molecular formula is C31H44BN3O6. The molecule has 3 fully saturated rings. The number of amides is 1. The SMILES string of the molecule is CCOC(=O)c1cn(-c2ccc(B3OC(C)(C)C(C)(C)O3)cc2)nc1N(C(=O)C1CCC(C)CC1)C1CCOCC1. The van der Waals surface area contributed by atoms with Crippen molar-refractivity contribution in [1.29, 1.82) is 0 Å². The van der Waals surface area contributed by atoms with Gasteiger partial charge in [0.15, 0.2) is 5.82 Å². The number of aromatic nitrogens is 2. The molecule has 0 radical (unpaired) electrons. The molecule has 1 aromatic heterocycles. The van der Waals surface area contributed by atoms with Gasteiger partial charge >= 0.3 is 13.1 Å². The summed E-state index contributed by atoms with van der Waals surface area (Å²) in [6, 6.07) is 7.67. The van der Waals surface area contributed by atoms with Crippen molar-refractivity contribution in [1.82, 2.24) is 9.78 Å². The molecule has 1 aromatic carbocycles. The molecule has 2 aliphatic heterocycles. The number of rotatable bonds is 7. The van der Waals surface area contributed by atoms with Crippen molar-refractivity contribution >= 4 is 30.3 Å². The van der Waals surface area contributed by atoms with E-state index in [4.69, 9.17) is 23.9 Å². The summed E-state index contributed by atoms with van der Waals surface area (Å²) in [6.45, 7) is 13.5. The number of anilines is 1. The fourth-order valence-electron chi connectivity index (χ4n) is 5.90. The molecule has 0 spiro atoms. The van der Waals surface area contributed by atoms with Crippen molar-refractivity contribution < 1.29 is 28.4 Å². The van der Waals surface area contributed by atoms with Crippen LogP contribution < -0.4 is 10.4 Å². The zero-order valence-electron chi connectivity index (χ0n) is 25.4. The average molecular weight is 566 g/mol. The van der Waals surface area contributed by atoms with Gasteiger partial charge in [-0.2, -0.15) is 0 Å². The van der Waals surface area contributed by atoms with Gasteiger partial charge in [-0.05, 0) is 96.7 Å². The maximum Gasteiger partial charge on any atom is 0.494 e. The monoisotopic (exact) mass is 565 g/mol. The minimum absolute atomic E-state index is 0.0516. The summed E-state index contributed by atoms with van der Waals surface area (Å²) in [5.41, 5.74) is 1.09. The lowest BCUT2D eigenvalue weighted by molar-refractivity contribution is -0.124. The Kier molecular flexibility index (Phi) is 8.65. The summed E-state index contributed by atoms with van der Waals surface area (Å²) in [4.78, 5) is 29.1. The molecule has 3 heterocycles. The van der Waals surface area contributed by atoms with Crippen LogP contribution in [0.15, 0.2) is 30.5 Å². The predicted octanol–water partition coefficient (Wildman–Crippen LogP) is 4.69. The Morgan fingerprint density at radius 1 is 1.00 bits per heavy atom. The first-order valence-corrected chi connectivity index (χ1v) is 15.1. The van der Waals surface area contributed by atoms with Crippen LogP contribution in [0.1, 0.15) is 90.4 Å². The van der Waals surface area contributed by atoms with Gasteiger partial charge in [-0.15, -0.1) is 5.10 Å². The standard InChI is InChI=1S/C31H44BN3O6/c1-7-39-29(37)26-20-34(24-14-12-23(13-15-24)32-40-30(3,4)31(5,6)41-32)33-27(26)35(25-16-18-38-19-17-25)28(36)22-10-8-21(2)9-11-22/h12-15,20-22,25H,7-11,16-19H2,1-6H3. The van der Waals surface area contributed by atoms with Gasteiger partial charge in [0.1, 0.15) is 5.56 Å². The Labute approximate surface area is 244 Å². The number of esters is 1. The van der Waals surface area contributed by atoms with Crippen molar-refractivity contribution in [3.63, 3.8) is 0 Å². The third kappa shape index (κ3) is 6.10. The van der Waals surface area contributed by atoms with Gasteiger partial charge in [-0.3, -0.25) is 9.69 Å². The third-order valence-corrected chi connectivity index (χ3v) is 9.26. The maximum absolute atomic E-state index is 14.1. The van der Waals surface area contributed by atoms with E-state index in [9.17, 15) is 9.59 Å². The molecule has 9 nitrogen and oxygen atoms in total. The normalized spacial score (nSPS) is 24.3. The van der Waals surface area contributed by atoms with Crippen LogP contribution in [-0.2, 0) is 23.6 Å². The molecule has 0 atom stereocenters. The van der Waals surface area contributed by atoms with Crippen molar-refractivity contribution in [3.05, 3.63) is 36.0 Å². The second-order valence-electron chi connectivity index (χ2n) is 12.7. The molecular weight excluding hydrogens is 521 g/mol. The predicted molar refractivity (Wildman–Crippen MR) is 158 cm³/mol. The van der Waals surface area contributed by atoms with Crippen LogP contribution >= 0.6 is 0 Å². The van der Waals surface area contributed by atoms with E-state index in [2.05, 4.69) is 6.92 Å². The molecule has 1 saturated carbocycles. The van der Waals surface area contributed by atoms with Crippen LogP contribution in [0.2, 0.25) is 0 Å². The van der Waals surface area contributed by atoms with Crippen molar-refractivity contribution in [2.24, 2.45) is 11.8 Å². The van der Waals surface area contributed by atoms with E-state index >= 15 is 0 Å². The zero-order chi connectivity index (χ0) is 29.4. The van der Waals surface area contributed by atoms with Crippen LogP contribution in [0.4, 0.5) is 5.82 Å². The van der Waals surface area contributed by atoms with Crippen LogP contribution in [0.5, 0.6) is 0 Å². The lowest BCUT2D eigenvalue weighted by atomic mass is 9.79. The van der Waals surface area contributed by atoms with Crippen molar-refractivity contribution in [2.45, 2.75) is 97.3 Å². The summed E-state index contributed by atoms with van der Waals surface area (Å²) in [5, 5.41) is 4.88. The van der Waals surface area contributed by atoms with E-state index in [-0.39, 0.29) is 24.5 Å². The van der Waals surface area contributed by atoms with Crippen LogP contribution in [0, 0.1) is 11.8 Å². The number of carbonyl (C=O) groups excluding carboxylic acids is 2. The highest BCUT2D eigenvalue weighted by Crippen LogP contribution is 2.37. The molecule has 0 unspecified atom stereocenters. The third-order valence-electron chi connectivity index (χ3n) is 9.26. The Morgan fingerprint density at radius 2 is 1.61 bits per heavy atom. The van der Waals surface area contributed by atoms with Gasteiger partial charge < -0.3 is 18.8 Å². The largest absolute Gasteiger partial charge is 0.494 e. The number of benzene rings is 1. The Hall–Kier alpha value is -2.69. The lowest BCUT2D eigenvalue weighted by Gasteiger charge is -2.37. The van der Waals surface area contributed by atoms with Gasteiger partial charge in [0.05, 0.1) is 23.5 Å². The van der Waals surface area contributed by atoms with Crippen molar-refractivity contribution in [3.8, 4) is 5.69 Å². The van der Waals surface area contributed by atoms with E-state index in [1.54, 1.807) is 22.7 Å². The van der Waals surface area contributed by atoms with Crippen LogP contribution in [0.25, 0.3) is 5.69 Å². The van der Waals surface area contributed by atoms with E-state index in [1.807, 2.05) is 52.0 Å². The van der Waals surface area contributed by atoms with E-state index < -0.39 is 24.3 Å². The molecule has 10 heteroatoms. The number of carbonyl (C=O) groups is 2. The van der Waals surface area contributed by atoms with Gasteiger partial charge in [-0.25, -0.2) is 9.48 Å². The Morgan fingerprint density at radius 3 is 2.20 bits per heavy atom. The summed E-state index contributed by atoms with van der Waals surface area (Å²) in [7, 11) is -0.475. The fourth-order valence-corrected chi connectivity index (χ4v) is 5.90. The highest BCUT2D eigenvalue weighted by Gasteiger charge is 2.51. The zero-order valence-corrected chi connectivity index (χ0v) is 25.4. The quantitative estimate of drug-likeness (QED) is 0.356. The summed E-state index contributed by atoms with van der Waals surface area (Å²) >= 11 is 0. The average Bonchev–Trinajstić information content (AvgIpc) is 3.47. The van der Waals surface area contributed by atoms with Gasteiger partial charge in [0.2, 0.25) is 5.91 Å². The fraction of sp³-hybridized carbons (Fsp3) is 0.645. The molecule has 41 heavy (non-hydrogen) atoms. The summed E-state index contributed by atoms with van der Waals surface area (Å²) in [6.07, 6.45) is 6.86. The molecule has 2 saturated heterocycles. The number of nitrogens with zero attached hydrogens (tertiary/aromatic N) is 3. The molecule has 0 N–H and O–H groups in total. The number of ether oxygens (including phenoxy) is 2. The van der Waals surface area contributed by atoms with Crippen LogP contribution in [0.3, 0.4) is 0 Å². The minimum atomic E-state index is -0.482. The number of hydrogen-bond donors (Lipinski definition) is 0. The molecule has 0 bridgehead atoms. The highest BCUT2D eigenvalue weighted by atomic mass is 16.7. The molecule has 1 amide bonds. The Balaban J connectivity index is 1.48. The van der Waals surface area contributed by atoms with E-state index in [0.29, 0.717) is 43.4 Å². The first-order chi connectivity index (χ1) is 19.5. The van der Waals surface area contributed by atoms with Gasteiger partial charge in [0.25, 0.3) is 0 Å². The molecule has 2 aromatic rings. The Bertz CT molecular complexity index is 1210. The molecule has 5 rings (SSSR count). The van der Waals surface area contributed by atoms with E-state index in [0.717, 1.165) is 36.8 Å². The number of hydrogen-bond acceptors (Lipinski definition) is 7. The first kappa shape index (κ1) is 29.8. The summed E-state index contributed by atoms with van der Waals surface area (Å²) < 4.78 is 25.1. The molecule has 3 aliphatic rings. The van der Waals surface area contributed by atoms with E-state index in [1.165, 1.54) is 0 Å². The molecule has 222 valence electrons. The molecule has 1 aliphatic carbocycles. The van der Waals surface area contributed by atoms with Gasteiger partial charge in [-0.1, -0.05) is 19.1 Å². The second-order valence-corrected chi connectivity index (χ2v) is 12.7.